The first-order chi connectivity index (χ1) is 11.7. The van der Waals surface area contributed by atoms with Crippen LogP contribution in [0.5, 0.6) is 11.5 Å². The Morgan fingerprint density at radius 3 is 2.29 bits per heavy atom. The summed E-state index contributed by atoms with van der Waals surface area (Å²) in [5.74, 6) is 1.56. The number of benzene rings is 3. The zero-order valence-electron chi connectivity index (χ0n) is 14.8. The van der Waals surface area contributed by atoms with E-state index in [0.717, 1.165) is 24.3 Å². The van der Waals surface area contributed by atoms with Crippen molar-refractivity contribution in [1.29, 1.82) is 0 Å². The van der Waals surface area contributed by atoms with E-state index in [2.05, 4.69) is 62.4 Å². The van der Waals surface area contributed by atoms with Crippen LogP contribution in [0.2, 0.25) is 0 Å². The lowest BCUT2D eigenvalue weighted by molar-refractivity contribution is 0.356. The quantitative estimate of drug-likeness (QED) is 0.633. The third-order valence-corrected chi connectivity index (χ3v) is 4.56. The molecule has 0 unspecified atom stereocenters. The molecule has 2 nitrogen and oxygen atoms in total. The molecule has 0 saturated heterocycles. The zero-order valence-corrected chi connectivity index (χ0v) is 14.8. The second kappa shape index (κ2) is 6.96. The molecular weight excluding hydrogens is 296 g/mol. The Bertz CT molecular complexity index is 865. The normalized spacial score (nSPS) is 10.8. The fraction of sp³-hybridized carbons (Fsp3) is 0.273. The number of hydrogen-bond acceptors (Lipinski definition) is 2. The van der Waals surface area contributed by atoms with Gasteiger partial charge in [0.05, 0.1) is 14.2 Å². The molecule has 0 bridgehead atoms. The summed E-state index contributed by atoms with van der Waals surface area (Å²) < 4.78 is 10.9. The number of fused-ring (bicyclic) bond motifs is 1. The van der Waals surface area contributed by atoms with Crippen LogP contribution in [-0.2, 0) is 12.8 Å². The van der Waals surface area contributed by atoms with Crippen LogP contribution in [-0.4, -0.2) is 14.2 Å². The van der Waals surface area contributed by atoms with E-state index >= 15 is 0 Å². The highest BCUT2D eigenvalue weighted by atomic mass is 16.5. The summed E-state index contributed by atoms with van der Waals surface area (Å²) in [7, 11) is 3.36. The van der Waals surface area contributed by atoms with Crippen LogP contribution < -0.4 is 9.47 Å². The van der Waals surface area contributed by atoms with E-state index in [4.69, 9.17) is 9.47 Å². The van der Waals surface area contributed by atoms with Gasteiger partial charge in [0.1, 0.15) is 0 Å². The highest BCUT2D eigenvalue weighted by molar-refractivity contribution is 5.90. The molecule has 0 N–H and O–H groups in total. The highest BCUT2D eigenvalue weighted by Gasteiger charge is 2.12. The minimum atomic E-state index is 0.776. The number of hydrogen-bond donors (Lipinski definition) is 0. The van der Waals surface area contributed by atoms with Gasteiger partial charge in [0.2, 0.25) is 0 Å². The molecule has 2 heteroatoms. The van der Waals surface area contributed by atoms with Crippen LogP contribution in [0.3, 0.4) is 0 Å². The second-order valence-electron chi connectivity index (χ2n) is 6.15. The molecule has 0 spiro atoms. The van der Waals surface area contributed by atoms with Gasteiger partial charge in [0, 0.05) is 0 Å². The average molecular weight is 320 g/mol. The average Bonchev–Trinajstić information content (AvgIpc) is 2.60. The molecule has 3 rings (SSSR count). The van der Waals surface area contributed by atoms with Crippen molar-refractivity contribution in [2.45, 2.75) is 26.7 Å². The maximum atomic E-state index is 5.49. The minimum absolute atomic E-state index is 0.776. The fourth-order valence-corrected chi connectivity index (χ4v) is 3.38. The first-order valence-corrected chi connectivity index (χ1v) is 8.38. The summed E-state index contributed by atoms with van der Waals surface area (Å²) in [6.07, 6.45) is 1.95. The highest BCUT2D eigenvalue weighted by Crippen LogP contribution is 2.35. The molecular formula is C22H24O2. The molecule has 0 aliphatic rings. The smallest absolute Gasteiger partial charge is 0.161 e. The largest absolute Gasteiger partial charge is 0.493 e. The van der Waals surface area contributed by atoms with Crippen molar-refractivity contribution < 1.29 is 9.47 Å². The lowest BCUT2D eigenvalue weighted by Crippen LogP contribution is -1.98. The summed E-state index contributed by atoms with van der Waals surface area (Å²) in [6.45, 7) is 4.35. The standard InChI is InChI=1S/C22H24O2/c1-5-19-17(12-16-8-6-7-15(2)11-16)9-10-18-13-21(23-3)22(24-4)14-20(18)19/h6-11,13-14H,5,12H2,1-4H3. The Morgan fingerprint density at radius 1 is 0.875 bits per heavy atom. The molecule has 0 fully saturated rings. The third kappa shape index (κ3) is 3.09. The number of aryl methyl sites for hydroxylation is 2. The van der Waals surface area contributed by atoms with Gasteiger partial charge in [-0.1, -0.05) is 48.9 Å². The predicted molar refractivity (Wildman–Crippen MR) is 100 cm³/mol. The molecule has 0 saturated carbocycles. The van der Waals surface area contributed by atoms with Gasteiger partial charge in [-0.3, -0.25) is 0 Å². The fourth-order valence-electron chi connectivity index (χ4n) is 3.38. The van der Waals surface area contributed by atoms with Crippen molar-refractivity contribution in [1.82, 2.24) is 0 Å². The SMILES string of the molecule is CCc1c(Cc2cccc(C)c2)ccc2cc(OC)c(OC)cc12. The molecule has 0 aliphatic carbocycles. The lowest BCUT2D eigenvalue weighted by atomic mass is 9.92. The van der Waals surface area contributed by atoms with Gasteiger partial charge in [-0.25, -0.2) is 0 Å². The zero-order chi connectivity index (χ0) is 17.1. The van der Waals surface area contributed by atoms with Crippen molar-refractivity contribution in [3.8, 4) is 11.5 Å². The van der Waals surface area contributed by atoms with Crippen LogP contribution in [0, 0.1) is 6.92 Å². The Kier molecular flexibility index (Phi) is 4.75. The van der Waals surface area contributed by atoms with E-state index in [1.54, 1.807) is 14.2 Å². The van der Waals surface area contributed by atoms with Crippen molar-refractivity contribution in [2.24, 2.45) is 0 Å². The number of ether oxygens (including phenoxy) is 2. The molecule has 3 aromatic carbocycles. The van der Waals surface area contributed by atoms with Gasteiger partial charge in [0.25, 0.3) is 0 Å². The first kappa shape index (κ1) is 16.4. The summed E-state index contributed by atoms with van der Waals surface area (Å²) in [5, 5.41) is 2.44. The van der Waals surface area contributed by atoms with Gasteiger partial charge in [-0.05, 0) is 59.4 Å². The maximum Gasteiger partial charge on any atom is 0.161 e. The van der Waals surface area contributed by atoms with Crippen molar-refractivity contribution in [3.05, 3.63) is 70.8 Å². The lowest BCUT2D eigenvalue weighted by Gasteiger charge is -2.15. The van der Waals surface area contributed by atoms with Gasteiger partial charge >= 0.3 is 0 Å². The Labute approximate surface area is 144 Å². The molecule has 24 heavy (non-hydrogen) atoms. The van der Waals surface area contributed by atoms with E-state index < -0.39 is 0 Å². The summed E-state index contributed by atoms with van der Waals surface area (Å²) in [5.41, 5.74) is 5.42. The number of methoxy groups -OCH3 is 2. The summed E-state index contributed by atoms with van der Waals surface area (Å²) >= 11 is 0. The van der Waals surface area contributed by atoms with Crippen LogP contribution in [0.15, 0.2) is 48.5 Å². The molecule has 0 heterocycles. The molecule has 0 amide bonds. The second-order valence-corrected chi connectivity index (χ2v) is 6.15. The van der Waals surface area contributed by atoms with Crippen molar-refractivity contribution in [3.63, 3.8) is 0 Å². The summed E-state index contributed by atoms with van der Waals surface area (Å²) in [4.78, 5) is 0. The maximum absolute atomic E-state index is 5.49. The molecule has 3 aromatic rings. The third-order valence-electron chi connectivity index (χ3n) is 4.56. The van der Waals surface area contributed by atoms with Crippen LogP contribution in [0.4, 0.5) is 0 Å². The minimum Gasteiger partial charge on any atom is -0.493 e. The van der Waals surface area contributed by atoms with Crippen molar-refractivity contribution in [2.75, 3.05) is 14.2 Å². The molecule has 0 aliphatic heterocycles. The topological polar surface area (TPSA) is 18.5 Å². The molecule has 124 valence electrons. The predicted octanol–water partition coefficient (Wildman–Crippen LogP) is 5.32. The molecule has 0 radical (unpaired) electrons. The van der Waals surface area contributed by atoms with Gasteiger partial charge in [-0.2, -0.15) is 0 Å². The first-order valence-electron chi connectivity index (χ1n) is 8.38. The van der Waals surface area contributed by atoms with Crippen molar-refractivity contribution >= 4 is 10.8 Å². The van der Waals surface area contributed by atoms with Gasteiger partial charge < -0.3 is 9.47 Å². The number of rotatable bonds is 5. The van der Waals surface area contributed by atoms with E-state index in [9.17, 15) is 0 Å². The Hall–Kier alpha value is -2.48. The molecule has 0 atom stereocenters. The van der Waals surface area contributed by atoms with Crippen LogP contribution in [0.1, 0.15) is 29.2 Å². The van der Waals surface area contributed by atoms with E-state index in [0.29, 0.717) is 0 Å². The van der Waals surface area contributed by atoms with E-state index in [-0.39, 0.29) is 0 Å². The Balaban J connectivity index is 2.12. The van der Waals surface area contributed by atoms with Gasteiger partial charge in [-0.15, -0.1) is 0 Å². The van der Waals surface area contributed by atoms with E-state index in [1.165, 1.54) is 33.0 Å². The van der Waals surface area contributed by atoms with Crippen LogP contribution >= 0.6 is 0 Å². The Morgan fingerprint density at radius 2 is 1.62 bits per heavy atom. The summed E-state index contributed by atoms with van der Waals surface area (Å²) in [6, 6.07) is 17.3. The van der Waals surface area contributed by atoms with E-state index in [1.807, 2.05) is 0 Å². The van der Waals surface area contributed by atoms with Crippen LogP contribution in [0.25, 0.3) is 10.8 Å². The van der Waals surface area contributed by atoms with Gasteiger partial charge in [0.15, 0.2) is 11.5 Å². The monoisotopic (exact) mass is 320 g/mol. The molecule has 0 aromatic heterocycles.